The fourth-order valence-electron chi connectivity index (χ4n) is 1.04. The van der Waals surface area contributed by atoms with Gasteiger partial charge in [-0.15, -0.1) is 0 Å². The predicted octanol–water partition coefficient (Wildman–Crippen LogP) is 2.93. The van der Waals surface area contributed by atoms with Gasteiger partial charge in [0.05, 0.1) is 16.1 Å². The molecule has 0 radical (unpaired) electrons. The molecule has 0 aliphatic rings. The van der Waals surface area contributed by atoms with E-state index < -0.39 is 6.04 Å². The highest BCUT2D eigenvalue weighted by Gasteiger charge is 2.07. The van der Waals surface area contributed by atoms with Gasteiger partial charge in [0.1, 0.15) is 5.76 Å². The number of hydrogen-bond acceptors (Lipinski definition) is 2. The Bertz CT molecular complexity index is 352. The molecule has 4 heteroatoms. The van der Waals surface area contributed by atoms with Crippen LogP contribution in [-0.2, 0) is 6.42 Å². The monoisotopic (exact) mass is 231 g/mol. The lowest BCUT2D eigenvalue weighted by atomic mass is 10.1. The zero-order valence-electron chi connectivity index (χ0n) is 7.50. The summed E-state index contributed by atoms with van der Waals surface area (Å²) in [6.45, 7) is 3.36. The molecule has 14 heavy (non-hydrogen) atoms. The van der Waals surface area contributed by atoms with Gasteiger partial charge in [-0.1, -0.05) is 35.8 Å². The highest BCUT2D eigenvalue weighted by atomic mass is 35.5. The average molecular weight is 232 g/mol. The Kier molecular flexibility index (Phi) is 3.81. The zero-order valence-corrected chi connectivity index (χ0v) is 9.02. The molecule has 0 aliphatic heterocycles. The van der Waals surface area contributed by atoms with E-state index >= 15 is 0 Å². The van der Waals surface area contributed by atoms with Crippen LogP contribution in [0.1, 0.15) is 5.56 Å². The largest absolute Gasteiger partial charge is 0.511 e. The van der Waals surface area contributed by atoms with Crippen LogP contribution < -0.4 is 5.73 Å². The van der Waals surface area contributed by atoms with Crippen molar-refractivity contribution < 1.29 is 5.11 Å². The van der Waals surface area contributed by atoms with Crippen LogP contribution in [0, 0.1) is 0 Å². The van der Waals surface area contributed by atoms with Gasteiger partial charge in [-0.3, -0.25) is 0 Å². The summed E-state index contributed by atoms with van der Waals surface area (Å²) in [5.41, 5.74) is 6.53. The maximum absolute atomic E-state index is 9.03. The number of aliphatic hydroxyl groups is 1. The predicted molar refractivity (Wildman–Crippen MR) is 59.9 cm³/mol. The Morgan fingerprint density at radius 1 is 1.43 bits per heavy atom. The first kappa shape index (κ1) is 11.4. The average Bonchev–Trinajstić information content (AvgIpc) is 2.11. The molecule has 0 heterocycles. The minimum Gasteiger partial charge on any atom is -0.511 e. The van der Waals surface area contributed by atoms with Gasteiger partial charge in [0.2, 0.25) is 0 Å². The number of rotatable bonds is 3. The van der Waals surface area contributed by atoms with Crippen LogP contribution in [0.2, 0.25) is 10.0 Å². The second-order valence-corrected chi connectivity index (χ2v) is 3.86. The summed E-state index contributed by atoms with van der Waals surface area (Å²) in [7, 11) is 0. The molecule has 1 atom stereocenters. The van der Waals surface area contributed by atoms with Crippen molar-refractivity contribution in [1.82, 2.24) is 0 Å². The molecule has 0 saturated heterocycles. The van der Waals surface area contributed by atoms with E-state index in [1.165, 1.54) is 0 Å². The van der Waals surface area contributed by atoms with Crippen LogP contribution in [0.15, 0.2) is 30.5 Å². The number of aliphatic hydroxyl groups excluding tert-OH is 1. The van der Waals surface area contributed by atoms with Crippen molar-refractivity contribution >= 4 is 23.2 Å². The molecule has 0 aromatic heterocycles. The van der Waals surface area contributed by atoms with Crippen molar-refractivity contribution in [2.75, 3.05) is 0 Å². The van der Waals surface area contributed by atoms with Gasteiger partial charge in [0, 0.05) is 0 Å². The third-order valence-corrected chi connectivity index (χ3v) is 2.61. The first-order valence-corrected chi connectivity index (χ1v) is 4.83. The van der Waals surface area contributed by atoms with Crippen molar-refractivity contribution in [1.29, 1.82) is 0 Å². The van der Waals surface area contributed by atoms with E-state index in [-0.39, 0.29) is 5.76 Å². The maximum atomic E-state index is 9.03. The summed E-state index contributed by atoms with van der Waals surface area (Å²) >= 11 is 11.6. The summed E-state index contributed by atoms with van der Waals surface area (Å²) in [6, 6.07) is 4.78. The Labute approximate surface area is 92.9 Å². The molecule has 0 amide bonds. The third kappa shape index (κ3) is 2.91. The molecule has 0 unspecified atom stereocenters. The van der Waals surface area contributed by atoms with E-state index in [9.17, 15) is 0 Å². The normalized spacial score (nSPS) is 12.5. The molecular formula is C10H11Cl2NO. The number of hydrogen-bond donors (Lipinski definition) is 2. The van der Waals surface area contributed by atoms with E-state index in [1.807, 2.05) is 6.07 Å². The molecule has 76 valence electrons. The summed E-state index contributed by atoms with van der Waals surface area (Å²) in [6.07, 6.45) is 0.492. The second kappa shape index (κ2) is 4.69. The molecule has 0 saturated carbocycles. The van der Waals surface area contributed by atoms with Crippen molar-refractivity contribution in [3.05, 3.63) is 46.1 Å². The van der Waals surface area contributed by atoms with Gasteiger partial charge in [0.25, 0.3) is 0 Å². The third-order valence-electron chi connectivity index (χ3n) is 1.87. The molecule has 1 rings (SSSR count). The van der Waals surface area contributed by atoms with E-state index in [1.54, 1.807) is 12.1 Å². The van der Waals surface area contributed by atoms with Crippen LogP contribution in [0.5, 0.6) is 0 Å². The van der Waals surface area contributed by atoms with Gasteiger partial charge in [-0.05, 0) is 24.1 Å². The van der Waals surface area contributed by atoms with Gasteiger partial charge < -0.3 is 10.8 Å². The van der Waals surface area contributed by atoms with Crippen LogP contribution in [0.4, 0.5) is 0 Å². The van der Waals surface area contributed by atoms with E-state index in [0.29, 0.717) is 16.5 Å². The molecule has 3 N–H and O–H groups in total. The smallest absolute Gasteiger partial charge is 0.102 e. The quantitative estimate of drug-likeness (QED) is 0.787. The lowest BCUT2D eigenvalue weighted by molar-refractivity contribution is 0.368. The summed E-state index contributed by atoms with van der Waals surface area (Å²) in [4.78, 5) is 0. The Morgan fingerprint density at radius 3 is 2.57 bits per heavy atom. The molecular weight excluding hydrogens is 221 g/mol. The fraction of sp³-hybridized carbons (Fsp3) is 0.200. The molecule has 0 spiro atoms. The maximum Gasteiger partial charge on any atom is 0.102 e. The van der Waals surface area contributed by atoms with Gasteiger partial charge >= 0.3 is 0 Å². The minimum atomic E-state index is -0.466. The first-order valence-electron chi connectivity index (χ1n) is 4.08. The van der Waals surface area contributed by atoms with Crippen molar-refractivity contribution in [3.8, 4) is 0 Å². The SMILES string of the molecule is C=C(O)[C@@H](N)Cc1ccc(Cl)c(Cl)c1. The summed E-state index contributed by atoms with van der Waals surface area (Å²) < 4.78 is 0. The standard InChI is InChI=1S/C10H11Cl2NO/c1-6(14)10(13)5-7-2-3-8(11)9(12)4-7/h2-4,10,14H,1,5,13H2/t10-/m0/s1. The number of nitrogens with two attached hydrogens (primary N) is 1. The molecule has 1 aromatic rings. The Hall–Kier alpha value is -0.700. The highest BCUT2D eigenvalue weighted by molar-refractivity contribution is 6.42. The van der Waals surface area contributed by atoms with Crippen LogP contribution in [-0.4, -0.2) is 11.1 Å². The lowest BCUT2D eigenvalue weighted by Gasteiger charge is -2.10. The van der Waals surface area contributed by atoms with E-state index in [0.717, 1.165) is 5.56 Å². The topological polar surface area (TPSA) is 46.2 Å². The Balaban J connectivity index is 2.78. The van der Waals surface area contributed by atoms with Gasteiger partial charge in [0.15, 0.2) is 0 Å². The molecule has 2 nitrogen and oxygen atoms in total. The fourth-order valence-corrected chi connectivity index (χ4v) is 1.36. The van der Waals surface area contributed by atoms with Crippen molar-refractivity contribution in [2.24, 2.45) is 5.73 Å². The molecule has 0 bridgehead atoms. The molecule has 1 aromatic carbocycles. The summed E-state index contributed by atoms with van der Waals surface area (Å²) in [5, 5.41) is 10.0. The van der Waals surface area contributed by atoms with Crippen molar-refractivity contribution in [2.45, 2.75) is 12.5 Å². The number of benzene rings is 1. The summed E-state index contributed by atoms with van der Waals surface area (Å²) in [5.74, 6) is -0.0314. The highest BCUT2D eigenvalue weighted by Crippen LogP contribution is 2.23. The molecule has 0 fully saturated rings. The Morgan fingerprint density at radius 2 is 2.07 bits per heavy atom. The van der Waals surface area contributed by atoms with Crippen molar-refractivity contribution in [3.63, 3.8) is 0 Å². The number of halogens is 2. The lowest BCUT2D eigenvalue weighted by Crippen LogP contribution is -2.24. The minimum absolute atomic E-state index is 0.0314. The van der Waals surface area contributed by atoms with Crippen LogP contribution in [0.25, 0.3) is 0 Å². The van der Waals surface area contributed by atoms with Crippen LogP contribution in [0.3, 0.4) is 0 Å². The zero-order chi connectivity index (χ0) is 10.7. The molecule has 0 aliphatic carbocycles. The van der Waals surface area contributed by atoms with Crippen LogP contribution >= 0.6 is 23.2 Å². The van der Waals surface area contributed by atoms with Gasteiger partial charge in [-0.25, -0.2) is 0 Å². The van der Waals surface area contributed by atoms with Gasteiger partial charge in [-0.2, -0.15) is 0 Å². The first-order chi connectivity index (χ1) is 6.50. The van der Waals surface area contributed by atoms with E-state index in [2.05, 4.69) is 6.58 Å². The second-order valence-electron chi connectivity index (χ2n) is 3.05. The van der Waals surface area contributed by atoms with E-state index in [4.69, 9.17) is 34.0 Å².